The van der Waals surface area contributed by atoms with Crippen molar-refractivity contribution in [1.29, 1.82) is 0 Å². The van der Waals surface area contributed by atoms with Crippen molar-refractivity contribution >= 4 is 23.2 Å². The number of carbonyl (C=O) groups excluding carboxylic acids is 2. The van der Waals surface area contributed by atoms with Crippen molar-refractivity contribution in [3.63, 3.8) is 0 Å². The monoisotopic (exact) mass is 468 g/mol. The van der Waals surface area contributed by atoms with Crippen LogP contribution in [0.2, 0.25) is 0 Å². The summed E-state index contributed by atoms with van der Waals surface area (Å²) in [7, 11) is 0. The molecule has 1 aliphatic heterocycles. The van der Waals surface area contributed by atoms with E-state index in [1.165, 1.54) is 17.0 Å². The molecule has 3 heterocycles. The highest BCUT2D eigenvalue weighted by molar-refractivity contribution is 7.10. The minimum Gasteiger partial charge on any atom is -0.491 e. The van der Waals surface area contributed by atoms with E-state index in [2.05, 4.69) is 0 Å². The molecule has 33 heavy (non-hydrogen) atoms. The van der Waals surface area contributed by atoms with E-state index in [9.17, 15) is 14.0 Å². The maximum atomic E-state index is 13.6. The Morgan fingerprint density at radius 2 is 2.09 bits per heavy atom. The number of fused-ring (bicyclic) bond motifs is 1. The van der Waals surface area contributed by atoms with Gasteiger partial charge in [-0.1, -0.05) is 6.07 Å². The molecule has 0 radical (unpaired) electrons. The normalized spacial score (nSPS) is 17.5. The number of nitrogens with zero attached hydrogens (tertiary/aromatic N) is 2. The topological polar surface area (TPSA) is 63.0 Å². The minimum atomic E-state index is -0.368. The second kappa shape index (κ2) is 9.39. The number of benzene rings is 1. The van der Waals surface area contributed by atoms with Gasteiger partial charge in [-0.15, -0.1) is 11.3 Å². The number of hydrogen-bond donors (Lipinski definition) is 0. The standard InChI is InChI=1S/C25H25FN2O4S/c26-18-3-1-4-19(13-18)32-16-22-21-9-12-33-23(21)8-10-28(22)24(29)15-27(25(30)17-6-7-17)14-20-5-2-11-31-20/h1-5,9,11-13,17,22H,6-8,10,14-16H2. The maximum Gasteiger partial charge on any atom is 0.242 e. The summed E-state index contributed by atoms with van der Waals surface area (Å²) in [6.07, 6.45) is 4.07. The Labute approximate surface area is 195 Å². The lowest BCUT2D eigenvalue weighted by Crippen LogP contribution is -2.47. The Morgan fingerprint density at radius 3 is 2.85 bits per heavy atom. The first kappa shape index (κ1) is 21.7. The molecule has 1 aromatic carbocycles. The maximum absolute atomic E-state index is 13.6. The molecule has 1 saturated carbocycles. The Balaban J connectivity index is 1.33. The van der Waals surface area contributed by atoms with Crippen LogP contribution in [-0.2, 0) is 22.6 Å². The zero-order valence-corrected chi connectivity index (χ0v) is 18.9. The van der Waals surface area contributed by atoms with Gasteiger partial charge in [0, 0.05) is 23.4 Å². The molecule has 172 valence electrons. The summed E-state index contributed by atoms with van der Waals surface area (Å²) in [6, 6.07) is 11.3. The van der Waals surface area contributed by atoms with Crippen molar-refractivity contribution in [2.75, 3.05) is 19.7 Å². The molecule has 0 bridgehead atoms. The Morgan fingerprint density at radius 1 is 1.21 bits per heavy atom. The molecule has 6 nitrogen and oxygen atoms in total. The van der Waals surface area contributed by atoms with Gasteiger partial charge in [0.15, 0.2) is 0 Å². The van der Waals surface area contributed by atoms with Gasteiger partial charge in [0.2, 0.25) is 11.8 Å². The predicted octanol–water partition coefficient (Wildman–Crippen LogP) is 4.42. The average Bonchev–Trinajstić information content (AvgIpc) is 3.32. The van der Waals surface area contributed by atoms with Gasteiger partial charge in [0.1, 0.15) is 30.5 Å². The molecule has 3 aromatic rings. The van der Waals surface area contributed by atoms with Crippen LogP contribution in [0.1, 0.15) is 35.1 Å². The Bertz CT molecular complexity index is 1130. The molecule has 0 saturated heterocycles. The van der Waals surface area contributed by atoms with Crippen LogP contribution in [-0.4, -0.2) is 41.3 Å². The summed E-state index contributed by atoms with van der Waals surface area (Å²) in [5.41, 5.74) is 1.06. The summed E-state index contributed by atoms with van der Waals surface area (Å²) in [4.78, 5) is 31.0. The number of ether oxygens (including phenoxy) is 1. The van der Waals surface area contributed by atoms with E-state index in [4.69, 9.17) is 9.15 Å². The number of thiophene rings is 1. The van der Waals surface area contributed by atoms with Crippen LogP contribution in [0.25, 0.3) is 0 Å². The van der Waals surface area contributed by atoms with Gasteiger partial charge in [-0.2, -0.15) is 0 Å². The van der Waals surface area contributed by atoms with E-state index in [1.54, 1.807) is 45.6 Å². The first-order chi connectivity index (χ1) is 16.1. The van der Waals surface area contributed by atoms with Gasteiger partial charge < -0.3 is 19.0 Å². The number of amides is 2. The largest absolute Gasteiger partial charge is 0.491 e. The third kappa shape index (κ3) is 4.95. The number of hydrogen-bond acceptors (Lipinski definition) is 5. The Hall–Kier alpha value is -3.13. The lowest BCUT2D eigenvalue weighted by molar-refractivity contribution is -0.144. The van der Waals surface area contributed by atoms with Crippen molar-refractivity contribution in [2.24, 2.45) is 5.92 Å². The van der Waals surface area contributed by atoms with E-state index in [-0.39, 0.29) is 49.3 Å². The molecule has 0 spiro atoms. The van der Waals surface area contributed by atoms with Crippen molar-refractivity contribution in [3.05, 3.63) is 76.1 Å². The van der Waals surface area contributed by atoms with E-state index >= 15 is 0 Å². The highest BCUT2D eigenvalue weighted by Gasteiger charge is 2.37. The van der Waals surface area contributed by atoms with Gasteiger partial charge >= 0.3 is 0 Å². The van der Waals surface area contributed by atoms with Crippen LogP contribution >= 0.6 is 11.3 Å². The fourth-order valence-corrected chi connectivity index (χ4v) is 5.18. The van der Waals surface area contributed by atoms with Crippen LogP contribution < -0.4 is 4.74 Å². The molecule has 2 aromatic heterocycles. The van der Waals surface area contributed by atoms with Gasteiger partial charge in [-0.25, -0.2) is 4.39 Å². The average molecular weight is 469 g/mol. The van der Waals surface area contributed by atoms with E-state index < -0.39 is 0 Å². The van der Waals surface area contributed by atoms with Crippen LogP contribution in [0.15, 0.2) is 58.5 Å². The molecule has 8 heteroatoms. The SMILES string of the molecule is O=C(C1CC1)N(CC(=O)N1CCc2sccc2C1COc1cccc(F)c1)Cc1ccco1. The van der Waals surface area contributed by atoms with Crippen molar-refractivity contribution in [3.8, 4) is 5.75 Å². The van der Waals surface area contributed by atoms with Gasteiger partial charge in [0.25, 0.3) is 0 Å². The second-order valence-corrected chi connectivity index (χ2v) is 9.47. The lowest BCUT2D eigenvalue weighted by Gasteiger charge is -2.37. The van der Waals surface area contributed by atoms with Crippen LogP contribution in [0.3, 0.4) is 0 Å². The molecular formula is C25H25FN2O4S. The fourth-order valence-electron chi connectivity index (χ4n) is 4.25. The fraction of sp³-hybridized carbons (Fsp3) is 0.360. The molecule has 2 amide bonds. The van der Waals surface area contributed by atoms with Crippen molar-refractivity contribution < 1.29 is 23.1 Å². The van der Waals surface area contributed by atoms with Crippen molar-refractivity contribution in [2.45, 2.75) is 31.8 Å². The van der Waals surface area contributed by atoms with E-state index in [1.807, 2.05) is 17.5 Å². The number of furan rings is 1. The van der Waals surface area contributed by atoms with Gasteiger partial charge in [0.05, 0.1) is 18.8 Å². The van der Waals surface area contributed by atoms with Gasteiger partial charge in [-0.3, -0.25) is 9.59 Å². The third-order valence-electron chi connectivity index (χ3n) is 6.11. The van der Waals surface area contributed by atoms with E-state index in [0.29, 0.717) is 18.1 Å². The lowest BCUT2D eigenvalue weighted by atomic mass is 10.0. The first-order valence-electron chi connectivity index (χ1n) is 11.1. The van der Waals surface area contributed by atoms with Crippen LogP contribution in [0, 0.1) is 11.7 Å². The highest BCUT2D eigenvalue weighted by atomic mass is 32.1. The molecule has 0 N–H and O–H groups in total. The van der Waals surface area contributed by atoms with Gasteiger partial charge in [-0.05, 0) is 60.5 Å². The molecular weight excluding hydrogens is 443 g/mol. The Kier molecular flexibility index (Phi) is 6.17. The third-order valence-corrected chi connectivity index (χ3v) is 7.11. The molecule has 5 rings (SSSR count). The summed E-state index contributed by atoms with van der Waals surface area (Å²) < 4.78 is 24.9. The zero-order chi connectivity index (χ0) is 22.8. The molecule has 1 aliphatic carbocycles. The first-order valence-corrected chi connectivity index (χ1v) is 12.0. The number of carbonyl (C=O) groups is 2. The highest BCUT2D eigenvalue weighted by Crippen LogP contribution is 2.35. The quantitative estimate of drug-likeness (QED) is 0.491. The predicted molar refractivity (Wildman–Crippen MR) is 121 cm³/mol. The van der Waals surface area contributed by atoms with Crippen LogP contribution in [0.5, 0.6) is 5.75 Å². The summed E-state index contributed by atoms with van der Waals surface area (Å²) in [5, 5.41) is 2.02. The number of halogens is 1. The smallest absolute Gasteiger partial charge is 0.242 e. The zero-order valence-electron chi connectivity index (χ0n) is 18.1. The molecule has 2 aliphatic rings. The van der Waals surface area contributed by atoms with E-state index in [0.717, 1.165) is 24.8 Å². The summed E-state index contributed by atoms with van der Waals surface area (Å²) >= 11 is 1.67. The summed E-state index contributed by atoms with van der Waals surface area (Å²) in [5.74, 6) is 0.590. The molecule has 1 atom stereocenters. The molecule has 1 unspecified atom stereocenters. The summed E-state index contributed by atoms with van der Waals surface area (Å²) in [6.45, 7) is 1.03. The second-order valence-electron chi connectivity index (χ2n) is 8.47. The number of rotatable bonds is 8. The van der Waals surface area contributed by atoms with Crippen molar-refractivity contribution in [1.82, 2.24) is 9.80 Å². The minimum absolute atomic E-state index is 0.000502. The molecule has 1 fully saturated rings. The van der Waals surface area contributed by atoms with Crippen LogP contribution in [0.4, 0.5) is 4.39 Å².